The number of oxime groups is 1. The first kappa shape index (κ1) is 3.91. The molecule has 5 heteroatoms. The molecule has 0 aliphatic carbocycles. The Morgan fingerprint density at radius 2 is 2.57 bits per heavy atom. The van der Waals surface area contributed by atoms with Crippen LogP contribution in [0, 0.1) is 0 Å². The molecule has 0 fully saturated rings. The minimum Gasteiger partial charge on any atom is -0.409 e. The van der Waals surface area contributed by atoms with Gasteiger partial charge in [-0.25, -0.2) is 0 Å². The van der Waals surface area contributed by atoms with Gasteiger partial charge in [-0.15, -0.1) is 10.2 Å². The van der Waals surface area contributed by atoms with E-state index in [4.69, 9.17) is 5.21 Å². The van der Waals surface area contributed by atoms with Crippen LogP contribution in [0.25, 0.3) is 0 Å². The van der Waals surface area contributed by atoms with Crippen LogP contribution in [-0.4, -0.2) is 17.3 Å². The lowest BCUT2D eigenvalue weighted by Crippen LogP contribution is -1.87. The van der Waals surface area contributed by atoms with Crippen molar-refractivity contribution in [1.29, 1.82) is 0 Å². The molecule has 0 bridgehead atoms. The van der Waals surface area contributed by atoms with Crippen LogP contribution in [0.5, 0.6) is 0 Å². The second-order valence-corrected chi connectivity index (χ2v) is 0.892. The lowest BCUT2D eigenvalue weighted by molar-refractivity contribution is 0.319. The van der Waals surface area contributed by atoms with Gasteiger partial charge in [0.05, 0.1) is 0 Å². The number of hydrogen-bond acceptors (Lipinski definition) is 4. The fourth-order valence-corrected chi connectivity index (χ4v) is 0.221. The summed E-state index contributed by atoms with van der Waals surface area (Å²) < 4.78 is 0. The maximum atomic E-state index is 7.91. The summed E-state index contributed by atoms with van der Waals surface area (Å²) in [6, 6.07) is 0. The van der Waals surface area contributed by atoms with Gasteiger partial charge in [0.2, 0.25) is 5.84 Å². The lowest BCUT2D eigenvalue weighted by Gasteiger charge is -1.69. The third-order valence-electron chi connectivity index (χ3n) is 0.474. The van der Waals surface area contributed by atoms with Gasteiger partial charge in [0, 0.05) is 0 Å². The van der Waals surface area contributed by atoms with Gasteiger partial charge in [0.1, 0.15) is 6.21 Å². The standard InChI is InChI=1S/C2H2N4O/c7-5-2-1-3-6-4-2/h1,7H. The minimum absolute atomic E-state index is 0.139. The Hall–Kier alpha value is -1.26. The van der Waals surface area contributed by atoms with Crippen molar-refractivity contribution in [2.24, 2.45) is 20.6 Å². The average Bonchev–Trinajstić information content (AvgIpc) is 2.14. The van der Waals surface area contributed by atoms with Crippen molar-refractivity contribution in [3.05, 3.63) is 0 Å². The molecule has 1 N–H and O–H groups in total. The predicted octanol–water partition coefficient (Wildman–Crippen LogP) is 0.226. The summed E-state index contributed by atoms with van der Waals surface area (Å²) >= 11 is 0. The van der Waals surface area contributed by atoms with Crippen molar-refractivity contribution in [3.8, 4) is 0 Å². The molecule has 7 heavy (non-hydrogen) atoms. The van der Waals surface area contributed by atoms with Gasteiger partial charge < -0.3 is 5.21 Å². The molecule has 0 atom stereocenters. The minimum atomic E-state index is 0.139. The topological polar surface area (TPSA) is 69.7 Å². The second-order valence-electron chi connectivity index (χ2n) is 0.892. The van der Waals surface area contributed by atoms with Crippen LogP contribution >= 0.6 is 0 Å². The summed E-state index contributed by atoms with van der Waals surface area (Å²) in [5.41, 5.74) is 0. The number of hydrogen-bond donors (Lipinski definition) is 1. The first-order valence-electron chi connectivity index (χ1n) is 1.59. The highest BCUT2D eigenvalue weighted by molar-refractivity contribution is 6.30. The summed E-state index contributed by atoms with van der Waals surface area (Å²) in [4.78, 5) is 0. The average molecular weight is 98.1 g/mol. The zero-order chi connectivity index (χ0) is 5.11. The van der Waals surface area contributed by atoms with Gasteiger partial charge in [-0.05, 0) is 5.22 Å². The fraction of sp³-hybridized carbons (Fsp3) is 0. The molecule has 1 aliphatic rings. The third-order valence-corrected chi connectivity index (χ3v) is 0.474. The summed E-state index contributed by atoms with van der Waals surface area (Å²) in [5, 5.41) is 20.3. The Bertz CT molecular complexity index is 132. The van der Waals surface area contributed by atoms with Gasteiger partial charge in [-0.3, -0.25) is 0 Å². The van der Waals surface area contributed by atoms with E-state index < -0.39 is 0 Å². The van der Waals surface area contributed by atoms with Gasteiger partial charge in [-0.2, -0.15) is 0 Å². The zero-order valence-corrected chi connectivity index (χ0v) is 3.31. The van der Waals surface area contributed by atoms with Crippen molar-refractivity contribution in [1.82, 2.24) is 0 Å². The third kappa shape index (κ3) is 0.594. The van der Waals surface area contributed by atoms with Crippen LogP contribution in [0.2, 0.25) is 0 Å². The molecule has 1 rings (SSSR count). The molecule has 36 valence electrons. The Labute approximate surface area is 39.1 Å². The van der Waals surface area contributed by atoms with Crippen molar-refractivity contribution in [3.63, 3.8) is 0 Å². The molecule has 5 nitrogen and oxygen atoms in total. The Kier molecular flexibility index (Phi) is 0.816. The highest BCUT2D eigenvalue weighted by Gasteiger charge is 1.94. The van der Waals surface area contributed by atoms with Gasteiger partial charge >= 0.3 is 0 Å². The van der Waals surface area contributed by atoms with E-state index in [2.05, 4.69) is 20.6 Å². The monoisotopic (exact) mass is 98.0 g/mol. The Morgan fingerprint density at radius 1 is 1.71 bits per heavy atom. The molecular formula is C2H2N4O. The van der Waals surface area contributed by atoms with E-state index in [1.807, 2.05) is 0 Å². The molecule has 1 heterocycles. The lowest BCUT2D eigenvalue weighted by atomic mass is 10.7. The van der Waals surface area contributed by atoms with Crippen LogP contribution in [-0.2, 0) is 0 Å². The number of amidine groups is 1. The first-order chi connectivity index (χ1) is 3.43. The van der Waals surface area contributed by atoms with Crippen LogP contribution in [0.3, 0.4) is 0 Å². The molecule has 0 radical (unpaired) electrons. The largest absolute Gasteiger partial charge is 0.409 e. The number of rotatable bonds is 0. The van der Waals surface area contributed by atoms with E-state index in [0.717, 1.165) is 0 Å². The quantitative estimate of drug-likeness (QED) is 0.342. The highest BCUT2D eigenvalue weighted by Crippen LogP contribution is 1.87. The molecule has 0 saturated carbocycles. The van der Waals surface area contributed by atoms with Crippen LogP contribution in [0.4, 0.5) is 0 Å². The van der Waals surface area contributed by atoms with Crippen molar-refractivity contribution >= 4 is 12.1 Å². The fourth-order valence-electron chi connectivity index (χ4n) is 0.221. The van der Waals surface area contributed by atoms with E-state index in [-0.39, 0.29) is 5.84 Å². The van der Waals surface area contributed by atoms with Crippen LogP contribution in [0.15, 0.2) is 20.6 Å². The molecule has 0 aromatic heterocycles. The van der Waals surface area contributed by atoms with Crippen molar-refractivity contribution in [2.75, 3.05) is 0 Å². The van der Waals surface area contributed by atoms with Gasteiger partial charge in [0.25, 0.3) is 0 Å². The molecule has 0 spiro atoms. The maximum Gasteiger partial charge on any atom is 0.234 e. The molecule has 0 amide bonds. The van der Waals surface area contributed by atoms with E-state index in [9.17, 15) is 0 Å². The van der Waals surface area contributed by atoms with E-state index in [0.29, 0.717) is 0 Å². The summed E-state index contributed by atoms with van der Waals surface area (Å²) in [6.07, 6.45) is 1.25. The Balaban J connectivity index is 2.79. The SMILES string of the molecule is ON=C1C=NN=N1. The highest BCUT2D eigenvalue weighted by atomic mass is 16.4. The second kappa shape index (κ2) is 1.46. The molecule has 1 aliphatic heterocycles. The van der Waals surface area contributed by atoms with Gasteiger partial charge in [-0.1, -0.05) is 5.16 Å². The Morgan fingerprint density at radius 3 is 2.86 bits per heavy atom. The summed E-state index contributed by atoms with van der Waals surface area (Å²) in [7, 11) is 0. The van der Waals surface area contributed by atoms with Crippen LogP contribution in [0.1, 0.15) is 0 Å². The van der Waals surface area contributed by atoms with Crippen LogP contribution < -0.4 is 0 Å². The molecule has 0 aromatic rings. The normalized spacial score (nSPS) is 22.0. The molecule has 0 aromatic carbocycles. The maximum absolute atomic E-state index is 7.91. The van der Waals surface area contributed by atoms with Crippen molar-refractivity contribution < 1.29 is 5.21 Å². The molecular weight excluding hydrogens is 96.0 g/mol. The number of nitrogens with zero attached hydrogens (tertiary/aromatic N) is 4. The van der Waals surface area contributed by atoms with Gasteiger partial charge in [0.15, 0.2) is 0 Å². The summed E-state index contributed by atoms with van der Waals surface area (Å²) in [6.45, 7) is 0. The van der Waals surface area contributed by atoms with Crippen molar-refractivity contribution in [2.45, 2.75) is 0 Å². The van der Waals surface area contributed by atoms with E-state index in [1.54, 1.807) is 0 Å². The molecule has 0 saturated heterocycles. The van der Waals surface area contributed by atoms with E-state index in [1.165, 1.54) is 6.21 Å². The molecule has 0 unspecified atom stereocenters. The predicted molar refractivity (Wildman–Crippen MR) is 22.6 cm³/mol. The summed E-state index contributed by atoms with van der Waals surface area (Å²) in [5.74, 6) is 0.139. The van der Waals surface area contributed by atoms with E-state index >= 15 is 0 Å². The zero-order valence-electron chi connectivity index (χ0n) is 3.31. The smallest absolute Gasteiger partial charge is 0.234 e. The first-order valence-corrected chi connectivity index (χ1v) is 1.59.